The molecule has 0 aromatic heterocycles. The minimum absolute atomic E-state index is 0.0925. The van der Waals surface area contributed by atoms with Crippen LogP contribution in [0.4, 0.5) is 10.1 Å². The maximum absolute atomic E-state index is 13.6. The number of fused-ring (bicyclic) bond motifs is 1. The molecule has 1 heterocycles. The molecule has 1 aliphatic heterocycles. The van der Waals surface area contributed by atoms with Crippen LogP contribution in [-0.4, -0.2) is 32.5 Å². The number of carbonyl (C=O) groups excluding carboxylic acids is 2. The van der Waals surface area contributed by atoms with Crippen molar-refractivity contribution < 1.29 is 22.4 Å². The van der Waals surface area contributed by atoms with Gasteiger partial charge in [0, 0.05) is 24.7 Å². The number of sulfone groups is 1. The van der Waals surface area contributed by atoms with Crippen LogP contribution in [0.3, 0.4) is 0 Å². The van der Waals surface area contributed by atoms with Crippen LogP contribution in [0, 0.1) is 5.82 Å². The summed E-state index contributed by atoms with van der Waals surface area (Å²) >= 11 is 0. The molecule has 136 valence electrons. The van der Waals surface area contributed by atoms with Crippen LogP contribution in [-0.2, 0) is 19.4 Å². The summed E-state index contributed by atoms with van der Waals surface area (Å²) in [6, 6.07) is 10.7. The summed E-state index contributed by atoms with van der Waals surface area (Å²) in [5.41, 5.74) is 0.723. The fraction of sp³-hybridized carbons (Fsp3) is 0.222. The molecule has 0 bridgehead atoms. The van der Waals surface area contributed by atoms with Crippen molar-refractivity contribution in [3.8, 4) is 0 Å². The lowest BCUT2D eigenvalue weighted by molar-refractivity contribution is -0.126. The average molecular weight is 376 g/mol. The standard InChI is InChI=1S/C18H17FN2O4S/c1-12(22)20-17-15-11-13(19)7-8-16(15)21(18(17)23)9-10-26(24,25)14-5-3-2-4-6-14/h2-8,11,17H,9-10H2,1H3,(H,20,22)/t17-/m1/s1. The van der Waals surface area contributed by atoms with Crippen molar-refractivity contribution >= 4 is 27.3 Å². The number of nitrogens with one attached hydrogen (secondary N) is 1. The molecule has 0 aliphatic carbocycles. The second kappa shape index (κ2) is 6.87. The summed E-state index contributed by atoms with van der Waals surface area (Å²) in [6.45, 7) is 1.17. The van der Waals surface area contributed by atoms with E-state index in [0.717, 1.165) is 0 Å². The van der Waals surface area contributed by atoms with E-state index in [9.17, 15) is 22.4 Å². The first-order chi connectivity index (χ1) is 12.3. The zero-order valence-corrected chi connectivity index (χ0v) is 14.8. The van der Waals surface area contributed by atoms with Crippen LogP contribution < -0.4 is 10.2 Å². The zero-order chi connectivity index (χ0) is 18.9. The van der Waals surface area contributed by atoms with Crippen molar-refractivity contribution in [2.24, 2.45) is 0 Å². The number of hydrogen-bond acceptors (Lipinski definition) is 4. The SMILES string of the molecule is CC(=O)N[C@H]1C(=O)N(CCS(=O)(=O)c2ccccc2)c2ccc(F)cc21. The predicted octanol–water partition coefficient (Wildman–Crippen LogP) is 1.82. The molecule has 1 atom stereocenters. The second-order valence-corrected chi connectivity index (χ2v) is 8.07. The van der Waals surface area contributed by atoms with Gasteiger partial charge >= 0.3 is 0 Å². The molecule has 8 heteroatoms. The Labute approximate surface area is 150 Å². The highest BCUT2D eigenvalue weighted by Gasteiger charge is 2.38. The number of anilines is 1. The van der Waals surface area contributed by atoms with Gasteiger partial charge in [-0.2, -0.15) is 0 Å². The molecule has 0 radical (unpaired) electrons. The Morgan fingerprint density at radius 3 is 2.54 bits per heavy atom. The summed E-state index contributed by atoms with van der Waals surface area (Å²) in [7, 11) is -3.58. The van der Waals surface area contributed by atoms with Gasteiger partial charge in [-0.05, 0) is 30.3 Å². The minimum Gasteiger partial charge on any atom is -0.341 e. The number of nitrogens with zero attached hydrogens (tertiary/aromatic N) is 1. The van der Waals surface area contributed by atoms with Crippen LogP contribution >= 0.6 is 0 Å². The summed E-state index contributed by atoms with van der Waals surface area (Å²) in [4.78, 5) is 25.5. The molecule has 2 amide bonds. The number of amides is 2. The molecule has 3 rings (SSSR count). The second-order valence-electron chi connectivity index (χ2n) is 5.96. The Morgan fingerprint density at radius 1 is 1.19 bits per heavy atom. The first-order valence-electron chi connectivity index (χ1n) is 7.95. The largest absolute Gasteiger partial charge is 0.341 e. The lowest BCUT2D eigenvalue weighted by Crippen LogP contribution is -2.38. The molecular formula is C18H17FN2O4S. The Kier molecular flexibility index (Phi) is 4.78. The molecule has 1 aliphatic rings. The molecule has 2 aromatic carbocycles. The Bertz CT molecular complexity index is 960. The number of hydrogen-bond donors (Lipinski definition) is 1. The van der Waals surface area contributed by atoms with Gasteiger partial charge in [-0.25, -0.2) is 12.8 Å². The van der Waals surface area contributed by atoms with Gasteiger partial charge in [-0.15, -0.1) is 0 Å². The van der Waals surface area contributed by atoms with E-state index in [4.69, 9.17) is 0 Å². The molecule has 26 heavy (non-hydrogen) atoms. The molecule has 6 nitrogen and oxygen atoms in total. The lowest BCUT2D eigenvalue weighted by Gasteiger charge is -2.18. The molecule has 0 spiro atoms. The quantitative estimate of drug-likeness (QED) is 0.863. The van der Waals surface area contributed by atoms with E-state index in [1.54, 1.807) is 18.2 Å². The third kappa shape index (κ3) is 3.45. The predicted molar refractivity (Wildman–Crippen MR) is 93.8 cm³/mol. The first kappa shape index (κ1) is 18.1. The molecule has 0 saturated heterocycles. The van der Waals surface area contributed by atoms with E-state index in [2.05, 4.69) is 5.32 Å². The van der Waals surface area contributed by atoms with E-state index in [1.165, 1.54) is 42.2 Å². The van der Waals surface area contributed by atoms with Gasteiger partial charge in [-0.1, -0.05) is 18.2 Å². The van der Waals surface area contributed by atoms with Crippen molar-refractivity contribution in [3.05, 3.63) is 59.9 Å². The Balaban J connectivity index is 1.87. The lowest BCUT2D eigenvalue weighted by atomic mass is 10.1. The highest BCUT2D eigenvalue weighted by atomic mass is 32.2. The summed E-state index contributed by atoms with van der Waals surface area (Å²) in [6.07, 6.45) is 0. The maximum Gasteiger partial charge on any atom is 0.254 e. The summed E-state index contributed by atoms with van der Waals surface area (Å²) < 4.78 is 38.5. The van der Waals surface area contributed by atoms with Crippen LogP contribution in [0.5, 0.6) is 0 Å². The monoisotopic (exact) mass is 376 g/mol. The smallest absolute Gasteiger partial charge is 0.254 e. The van der Waals surface area contributed by atoms with E-state index in [-0.39, 0.29) is 17.2 Å². The van der Waals surface area contributed by atoms with Crippen LogP contribution in [0.15, 0.2) is 53.4 Å². The third-order valence-electron chi connectivity index (χ3n) is 4.14. The zero-order valence-electron chi connectivity index (χ0n) is 14.0. The minimum atomic E-state index is -3.58. The van der Waals surface area contributed by atoms with Gasteiger partial charge in [-0.3, -0.25) is 9.59 Å². The maximum atomic E-state index is 13.6. The molecule has 1 N–H and O–H groups in total. The highest BCUT2D eigenvalue weighted by Crippen LogP contribution is 2.36. The van der Waals surface area contributed by atoms with Gasteiger partial charge in [0.05, 0.1) is 10.6 Å². The average Bonchev–Trinajstić information content (AvgIpc) is 2.85. The van der Waals surface area contributed by atoms with Crippen molar-refractivity contribution in [1.29, 1.82) is 0 Å². The Morgan fingerprint density at radius 2 is 1.88 bits per heavy atom. The molecule has 0 unspecified atom stereocenters. The van der Waals surface area contributed by atoms with Crippen molar-refractivity contribution in [2.45, 2.75) is 17.9 Å². The normalized spacial score (nSPS) is 16.5. The van der Waals surface area contributed by atoms with Crippen LogP contribution in [0.2, 0.25) is 0 Å². The van der Waals surface area contributed by atoms with Gasteiger partial charge in [0.1, 0.15) is 11.9 Å². The van der Waals surface area contributed by atoms with E-state index < -0.39 is 33.5 Å². The van der Waals surface area contributed by atoms with E-state index in [0.29, 0.717) is 11.3 Å². The summed E-state index contributed by atoms with van der Waals surface area (Å²) in [5.74, 6) is -1.74. The number of carbonyl (C=O) groups is 2. The van der Waals surface area contributed by atoms with Gasteiger partial charge in [0.25, 0.3) is 5.91 Å². The number of benzene rings is 2. The molecule has 2 aromatic rings. The molecule has 0 saturated carbocycles. The van der Waals surface area contributed by atoms with Crippen molar-refractivity contribution in [3.63, 3.8) is 0 Å². The molecular weight excluding hydrogens is 359 g/mol. The topological polar surface area (TPSA) is 83.6 Å². The summed E-state index contributed by atoms with van der Waals surface area (Å²) in [5, 5.41) is 2.49. The highest BCUT2D eigenvalue weighted by molar-refractivity contribution is 7.91. The number of rotatable bonds is 5. The Hall–Kier alpha value is -2.74. The molecule has 0 fully saturated rings. The van der Waals surface area contributed by atoms with Crippen LogP contribution in [0.25, 0.3) is 0 Å². The van der Waals surface area contributed by atoms with Crippen molar-refractivity contribution in [2.75, 3.05) is 17.2 Å². The van der Waals surface area contributed by atoms with E-state index >= 15 is 0 Å². The van der Waals surface area contributed by atoms with E-state index in [1.807, 2.05) is 0 Å². The van der Waals surface area contributed by atoms with Crippen LogP contribution in [0.1, 0.15) is 18.5 Å². The fourth-order valence-corrected chi connectivity index (χ4v) is 4.17. The first-order valence-corrected chi connectivity index (χ1v) is 9.60. The van der Waals surface area contributed by atoms with Crippen molar-refractivity contribution in [1.82, 2.24) is 5.32 Å². The van der Waals surface area contributed by atoms with Gasteiger partial charge in [0.15, 0.2) is 9.84 Å². The number of halogens is 1. The van der Waals surface area contributed by atoms with Gasteiger partial charge in [0.2, 0.25) is 5.91 Å². The fourth-order valence-electron chi connectivity index (χ4n) is 2.94. The third-order valence-corrected chi connectivity index (χ3v) is 5.85. The van der Waals surface area contributed by atoms with Gasteiger partial charge < -0.3 is 10.2 Å².